The minimum atomic E-state index is 0.162. The minimum absolute atomic E-state index is 0.162. The zero-order valence-electron chi connectivity index (χ0n) is 8.65. The van der Waals surface area contributed by atoms with E-state index >= 15 is 0 Å². The Hall–Kier alpha value is -1.10. The van der Waals surface area contributed by atoms with Gasteiger partial charge in [-0.1, -0.05) is 0 Å². The van der Waals surface area contributed by atoms with Crippen molar-refractivity contribution in [2.75, 3.05) is 17.2 Å². The predicted octanol–water partition coefficient (Wildman–Crippen LogP) is 1.49. The number of hydrogen-bond acceptors (Lipinski definition) is 5. The molecule has 1 saturated heterocycles. The monoisotopic (exact) mass is 227 g/mol. The number of halogens is 1. The molecule has 0 aliphatic carbocycles. The van der Waals surface area contributed by atoms with Gasteiger partial charge in [0.15, 0.2) is 0 Å². The minimum Gasteiger partial charge on any atom is -0.368 e. The van der Waals surface area contributed by atoms with Crippen molar-refractivity contribution in [3.05, 3.63) is 5.28 Å². The first-order valence-corrected chi connectivity index (χ1v) is 5.48. The molecule has 15 heavy (non-hydrogen) atoms. The second kappa shape index (κ2) is 4.18. The van der Waals surface area contributed by atoms with E-state index in [-0.39, 0.29) is 11.2 Å². The maximum absolute atomic E-state index is 5.75. The highest BCUT2D eigenvalue weighted by molar-refractivity contribution is 6.28. The van der Waals surface area contributed by atoms with Gasteiger partial charge in [-0.25, -0.2) is 0 Å². The summed E-state index contributed by atoms with van der Waals surface area (Å²) in [6, 6.07) is 0.441. The molecule has 2 heterocycles. The molecule has 1 aliphatic rings. The molecule has 1 atom stereocenters. The summed E-state index contributed by atoms with van der Waals surface area (Å²) in [6.07, 6.45) is 3.57. The third-order valence-corrected chi connectivity index (χ3v) is 2.84. The summed E-state index contributed by atoms with van der Waals surface area (Å²) < 4.78 is 0. The highest BCUT2D eigenvalue weighted by atomic mass is 35.5. The molecule has 6 heteroatoms. The summed E-state index contributed by atoms with van der Waals surface area (Å²) in [6.45, 7) is 3.12. The van der Waals surface area contributed by atoms with Crippen LogP contribution in [0.25, 0.3) is 0 Å². The van der Waals surface area contributed by atoms with Crippen molar-refractivity contribution < 1.29 is 0 Å². The quantitative estimate of drug-likeness (QED) is 0.787. The number of anilines is 2. The third-order valence-electron chi connectivity index (χ3n) is 2.67. The van der Waals surface area contributed by atoms with E-state index in [0.29, 0.717) is 12.0 Å². The summed E-state index contributed by atoms with van der Waals surface area (Å²) in [5.74, 6) is 0.780. The van der Waals surface area contributed by atoms with E-state index in [0.717, 1.165) is 19.4 Å². The Morgan fingerprint density at radius 2 is 2.13 bits per heavy atom. The Morgan fingerprint density at radius 3 is 2.80 bits per heavy atom. The predicted molar refractivity (Wildman–Crippen MR) is 59.9 cm³/mol. The van der Waals surface area contributed by atoms with Crippen molar-refractivity contribution in [3.63, 3.8) is 0 Å². The van der Waals surface area contributed by atoms with Crippen molar-refractivity contribution in [1.82, 2.24) is 15.0 Å². The summed E-state index contributed by atoms with van der Waals surface area (Å²) in [5, 5.41) is 0.162. The summed E-state index contributed by atoms with van der Waals surface area (Å²) in [5.41, 5.74) is 5.54. The summed E-state index contributed by atoms with van der Waals surface area (Å²) >= 11 is 5.75. The lowest BCUT2D eigenvalue weighted by atomic mass is 10.0. The zero-order chi connectivity index (χ0) is 10.8. The SMILES string of the molecule is C[C@@H]1CCCCN1c1nc(N)nc(Cl)n1. The molecule has 2 rings (SSSR count). The second-order valence-corrected chi connectivity index (χ2v) is 4.14. The molecule has 0 saturated carbocycles. The van der Waals surface area contributed by atoms with Gasteiger partial charge in [-0.05, 0) is 37.8 Å². The van der Waals surface area contributed by atoms with Gasteiger partial charge in [-0.15, -0.1) is 0 Å². The Labute approximate surface area is 93.7 Å². The molecular weight excluding hydrogens is 214 g/mol. The van der Waals surface area contributed by atoms with E-state index in [4.69, 9.17) is 17.3 Å². The van der Waals surface area contributed by atoms with Crippen molar-refractivity contribution in [2.24, 2.45) is 0 Å². The molecule has 0 bridgehead atoms. The van der Waals surface area contributed by atoms with Crippen LogP contribution in [0, 0.1) is 0 Å². The Balaban J connectivity index is 2.27. The molecule has 5 nitrogen and oxygen atoms in total. The van der Waals surface area contributed by atoms with Crippen LogP contribution in [0.2, 0.25) is 5.28 Å². The molecule has 1 fully saturated rings. The molecular formula is C9H14ClN5. The molecule has 0 radical (unpaired) electrons. The second-order valence-electron chi connectivity index (χ2n) is 3.80. The van der Waals surface area contributed by atoms with E-state index in [1.807, 2.05) is 0 Å². The van der Waals surface area contributed by atoms with Gasteiger partial charge in [-0.2, -0.15) is 15.0 Å². The van der Waals surface area contributed by atoms with Crippen LogP contribution in [0.3, 0.4) is 0 Å². The molecule has 1 aromatic rings. The largest absolute Gasteiger partial charge is 0.368 e. The molecule has 82 valence electrons. The van der Waals surface area contributed by atoms with Gasteiger partial charge in [-0.3, -0.25) is 0 Å². The van der Waals surface area contributed by atoms with E-state index in [1.54, 1.807) is 0 Å². The molecule has 1 aliphatic heterocycles. The van der Waals surface area contributed by atoms with Crippen LogP contribution in [-0.4, -0.2) is 27.5 Å². The van der Waals surface area contributed by atoms with Gasteiger partial charge >= 0.3 is 0 Å². The van der Waals surface area contributed by atoms with Gasteiger partial charge in [0.1, 0.15) is 0 Å². The Bertz CT molecular complexity index is 336. The first kappa shape index (κ1) is 10.4. The number of aromatic nitrogens is 3. The summed E-state index contributed by atoms with van der Waals surface area (Å²) in [4.78, 5) is 14.1. The van der Waals surface area contributed by atoms with Gasteiger partial charge in [0.25, 0.3) is 0 Å². The van der Waals surface area contributed by atoms with Gasteiger partial charge in [0, 0.05) is 12.6 Å². The molecule has 0 amide bonds. The van der Waals surface area contributed by atoms with Crippen LogP contribution < -0.4 is 10.6 Å². The molecule has 1 aromatic heterocycles. The average Bonchev–Trinajstić information content (AvgIpc) is 2.16. The molecule has 0 spiro atoms. The molecule has 0 aromatic carbocycles. The smallest absolute Gasteiger partial charge is 0.231 e. The standard InChI is InChI=1S/C9H14ClN5/c1-6-4-2-3-5-15(6)9-13-7(10)12-8(11)14-9/h6H,2-5H2,1H3,(H2,11,12,13,14)/t6-/m1/s1. The van der Waals surface area contributed by atoms with E-state index in [2.05, 4.69) is 26.8 Å². The zero-order valence-corrected chi connectivity index (χ0v) is 9.41. The van der Waals surface area contributed by atoms with Crippen molar-refractivity contribution >= 4 is 23.5 Å². The van der Waals surface area contributed by atoms with Crippen LogP contribution in [0.5, 0.6) is 0 Å². The van der Waals surface area contributed by atoms with Crippen LogP contribution in [0.1, 0.15) is 26.2 Å². The van der Waals surface area contributed by atoms with Crippen LogP contribution in [0.4, 0.5) is 11.9 Å². The normalized spacial score (nSPS) is 21.7. The number of nitrogens with two attached hydrogens (primary N) is 1. The summed E-state index contributed by atoms with van der Waals surface area (Å²) in [7, 11) is 0. The lowest BCUT2D eigenvalue weighted by Gasteiger charge is -2.33. The van der Waals surface area contributed by atoms with Crippen molar-refractivity contribution in [2.45, 2.75) is 32.2 Å². The van der Waals surface area contributed by atoms with Gasteiger partial charge < -0.3 is 10.6 Å². The van der Waals surface area contributed by atoms with E-state index in [9.17, 15) is 0 Å². The topological polar surface area (TPSA) is 67.9 Å². The maximum Gasteiger partial charge on any atom is 0.231 e. The highest BCUT2D eigenvalue weighted by Crippen LogP contribution is 2.22. The van der Waals surface area contributed by atoms with Crippen LogP contribution >= 0.6 is 11.6 Å². The number of nitrogens with zero attached hydrogens (tertiary/aromatic N) is 4. The first-order valence-electron chi connectivity index (χ1n) is 5.10. The van der Waals surface area contributed by atoms with Gasteiger partial charge in [0.2, 0.25) is 17.2 Å². The van der Waals surface area contributed by atoms with E-state index < -0.39 is 0 Å². The first-order chi connectivity index (χ1) is 7.16. The molecule has 0 unspecified atom stereocenters. The average molecular weight is 228 g/mol. The number of piperidine rings is 1. The van der Waals surface area contributed by atoms with Crippen LogP contribution in [-0.2, 0) is 0 Å². The Morgan fingerprint density at radius 1 is 1.33 bits per heavy atom. The maximum atomic E-state index is 5.75. The highest BCUT2D eigenvalue weighted by Gasteiger charge is 2.21. The van der Waals surface area contributed by atoms with Crippen molar-refractivity contribution in [3.8, 4) is 0 Å². The number of rotatable bonds is 1. The number of hydrogen-bond donors (Lipinski definition) is 1. The van der Waals surface area contributed by atoms with Crippen LogP contribution in [0.15, 0.2) is 0 Å². The lowest BCUT2D eigenvalue weighted by molar-refractivity contribution is 0.477. The van der Waals surface area contributed by atoms with Gasteiger partial charge in [0.05, 0.1) is 0 Å². The Kier molecular flexibility index (Phi) is 2.90. The van der Waals surface area contributed by atoms with Crippen molar-refractivity contribution in [1.29, 1.82) is 0 Å². The fourth-order valence-electron chi connectivity index (χ4n) is 1.88. The lowest BCUT2D eigenvalue weighted by Crippen LogP contribution is -2.38. The molecule has 2 N–H and O–H groups in total. The third kappa shape index (κ3) is 2.28. The number of nitrogen functional groups attached to an aromatic ring is 1. The fourth-order valence-corrected chi connectivity index (χ4v) is 2.04. The van der Waals surface area contributed by atoms with E-state index in [1.165, 1.54) is 6.42 Å². The fraction of sp³-hybridized carbons (Fsp3) is 0.667.